The second-order valence-corrected chi connectivity index (χ2v) is 7.31. The Bertz CT molecular complexity index is 1230. The molecule has 0 aliphatic carbocycles. The van der Waals surface area contributed by atoms with Gasteiger partial charge in [0.05, 0.1) is 30.3 Å². The Labute approximate surface area is 184 Å². The fourth-order valence-electron chi connectivity index (χ4n) is 3.35. The van der Waals surface area contributed by atoms with Gasteiger partial charge in [-0.05, 0) is 48.0 Å². The van der Waals surface area contributed by atoms with Gasteiger partial charge in [-0.15, -0.1) is 0 Å². The van der Waals surface area contributed by atoms with Gasteiger partial charge in [0.2, 0.25) is 12.2 Å². The molecule has 8 heteroatoms. The van der Waals surface area contributed by atoms with E-state index in [2.05, 4.69) is 26.8 Å². The lowest BCUT2D eigenvalue weighted by Crippen LogP contribution is -2.20. The van der Waals surface area contributed by atoms with Crippen LogP contribution >= 0.6 is 0 Å². The summed E-state index contributed by atoms with van der Waals surface area (Å²) in [5.41, 5.74) is 4.36. The SMILES string of the molecule is C=C1COC(c2nc(-c3ccc(F)cc3)c(-c3ccnc(Nc4ccccc4)n3)[nH]2)OC1. The monoisotopic (exact) mass is 429 g/mol. The third-order valence-corrected chi connectivity index (χ3v) is 4.88. The number of H-pyrrole nitrogens is 1. The first-order valence-electron chi connectivity index (χ1n) is 10.1. The van der Waals surface area contributed by atoms with Gasteiger partial charge in [-0.25, -0.2) is 19.3 Å². The third-order valence-electron chi connectivity index (χ3n) is 4.88. The summed E-state index contributed by atoms with van der Waals surface area (Å²) in [6.07, 6.45) is 1.01. The third kappa shape index (κ3) is 4.27. The highest BCUT2D eigenvalue weighted by molar-refractivity contribution is 5.77. The number of benzene rings is 2. The first kappa shape index (κ1) is 20.0. The van der Waals surface area contributed by atoms with E-state index in [1.165, 1.54) is 12.1 Å². The lowest BCUT2D eigenvalue weighted by Gasteiger charge is -2.22. The molecule has 2 aromatic carbocycles. The van der Waals surface area contributed by atoms with Crippen molar-refractivity contribution in [1.82, 2.24) is 19.9 Å². The quantitative estimate of drug-likeness (QED) is 0.434. The van der Waals surface area contributed by atoms with Gasteiger partial charge in [0.1, 0.15) is 5.82 Å². The average molecular weight is 429 g/mol. The van der Waals surface area contributed by atoms with Crippen LogP contribution in [0, 0.1) is 5.82 Å². The predicted octanol–water partition coefficient (Wildman–Crippen LogP) is 5.02. The molecule has 0 spiro atoms. The molecule has 160 valence electrons. The van der Waals surface area contributed by atoms with Crippen molar-refractivity contribution in [2.24, 2.45) is 0 Å². The van der Waals surface area contributed by atoms with Crippen molar-refractivity contribution in [2.75, 3.05) is 18.5 Å². The fourth-order valence-corrected chi connectivity index (χ4v) is 3.35. The summed E-state index contributed by atoms with van der Waals surface area (Å²) in [5.74, 6) is 0.624. The van der Waals surface area contributed by atoms with Crippen LogP contribution in [0.3, 0.4) is 0 Å². The molecule has 1 fully saturated rings. The van der Waals surface area contributed by atoms with Gasteiger partial charge in [0, 0.05) is 17.4 Å². The molecule has 0 amide bonds. The summed E-state index contributed by atoms with van der Waals surface area (Å²) in [4.78, 5) is 17.0. The summed E-state index contributed by atoms with van der Waals surface area (Å²) in [7, 11) is 0. The number of rotatable bonds is 5. The van der Waals surface area contributed by atoms with Crippen LogP contribution in [0.5, 0.6) is 0 Å². The molecule has 1 aliphatic rings. The van der Waals surface area contributed by atoms with Gasteiger partial charge in [-0.3, -0.25) is 0 Å². The predicted molar refractivity (Wildman–Crippen MR) is 119 cm³/mol. The normalized spacial score (nSPS) is 14.5. The van der Waals surface area contributed by atoms with Gasteiger partial charge < -0.3 is 19.8 Å². The van der Waals surface area contributed by atoms with Crippen molar-refractivity contribution >= 4 is 11.6 Å². The van der Waals surface area contributed by atoms with Crippen LogP contribution in [0.2, 0.25) is 0 Å². The van der Waals surface area contributed by atoms with Gasteiger partial charge in [-0.2, -0.15) is 0 Å². The zero-order valence-electron chi connectivity index (χ0n) is 17.1. The second-order valence-electron chi connectivity index (χ2n) is 7.31. The molecular weight excluding hydrogens is 409 g/mol. The molecule has 4 aromatic rings. The maximum atomic E-state index is 13.5. The van der Waals surface area contributed by atoms with Gasteiger partial charge in [-0.1, -0.05) is 24.8 Å². The van der Waals surface area contributed by atoms with E-state index in [-0.39, 0.29) is 5.82 Å². The van der Waals surface area contributed by atoms with Crippen molar-refractivity contribution in [3.05, 3.63) is 90.7 Å². The van der Waals surface area contributed by atoms with Crippen molar-refractivity contribution in [1.29, 1.82) is 0 Å². The van der Waals surface area contributed by atoms with Crippen LogP contribution in [0.15, 0.2) is 79.0 Å². The Morgan fingerprint density at radius 1 is 0.969 bits per heavy atom. The molecule has 7 nitrogen and oxygen atoms in total. The van der Waals surface area contributed by atoms with E-state index in [1.807, 2.05) is 30.3 Å². The first-order chi connectivity index (χ1) is 15.7. The number of nitrogens with one attached hydrogen (secondary N) is 2. The minimum Gasteiger partial charge on any atom is -0.341 e. The van der Waals surface area contributed by atoms with Crippen LogP contribution < -0.4 is 5.32 Å². The molecule has 2 aromatic heterocycles. The molecule has 0 bridgehead atoms. The van der Waals surface area contributed by atoms with Crippen molar-refractivity contribution in [2.45, 2.75) is 6.29 Å². The van der Waals surface area contributed by atoms with E-state index in [4.69, 9.17) is 14.5 Å². The molecule has 0 radical (unpaired) electrons. The largest absolute Gasteiger partial charge is 0.341 e. The van der Waals surface area contributed by atoms with E-state index in [9.17, 15) is 4.39 Å². The molecular formula is C24H20FN5O2. The van der Waals surface area contributed by atoms with E-state index >= 15 is 0 Å². The number of hydrogen-bond acceptors (Lipinski definition) is 6. The summed E-state index contributed by atoms with van der Waals surface area (Å²) < 4.78 is 24.9. The van der Waals surface area contributed by atoms with Gasteiger partial charge >= 0.3 is 0 Å². The molecule has 2 N–H and O–H groups in total. The Morgan fingerprint density at radius 2 is 1.72 bits per heavy atom. The first-order valence-corrected chi connectivity index (χ1v) is 10.1. The summed E-state index contributed by atoms with van der Waals surface area (Å²) in [6, 6.07) is 17.6. The van der Waals surface area contributed by atoms with Crippen molar-refractivity contribution < 1.29 is 13.9 Å². The van der Waals surface area contributed by atoms with Crippen LogP contribution in [0.4, 0.5) is 16.0 Å². The summed E-state index contributed by atoms with van der Waals surface area (Å²) >= 11 is 0. The van der Waals surface area contributed by atoms with Gasteiger partial charge in [0.25, 0.3) is 0 Å². The summed E-state index contributed by atoms with van der Waals surface area (Å²) in [6.45, 7) is 4.66. The number of anilines is 2. The molecule has 1 aliphatic heterocycles. The van der Waals surface area contributed by atoms with E-state index in [1.54, 1.807) is 24.4 Å². The highest BCUT2D eigenvalue weighted by Gasteiger charge is 2.25. The number of para-hydroxylation sites is 1. The molecule has 5 rings (SSSR count). The van der Waals surface area contributed by atoms with Gasteiger partial charge in [0.15, 0.2) is 5.82 Å². The highest BCUT2D eigenvalue weighted by atomic mass is 19.1. The van der Waals surface area contributed by atoms with Crippen molar-refractivity contribution in [3.63, 3.8) is 0 Å². The molecule has 1 saturated heterocycles. The number of halogens is 1. The molecule has 0 unspecified atom stereocenters. The summed E-state index contributed by atoms with van der Waals surface area (Å²) in [5, 5.41) is 3.19. The lowest BCUT2D eigenvalue weighted by atomic mass is 10.1. The van der Waals surface area contributed by atoms with E-state index in [0.717, 1.165) is 16.8 Å². The number of aromatic amines is 1. The second kappa shape index (κ2) is 8.70. The Kier molecular flexibility index (Phi) is 5.45. The Balaban J connectivity index is 1.54. The Morgan fingerprint density at radius 3 is 2.47 bits per heavy atom. The average Bonchev–Trinajstić information content (AvgIpc) is 3.26. The van der Waals surface area contributed by atoms with Crippen LogP contribution in [-0.2, 0) is 9.47 Å². The van der Waals surface area contributed by atoms with Crippen LogP contribution in [-0.4, -0.2) is 33.1 Å². The van der Waals surface area contributed by atoms with Crippen LogP contribution in [0.1, 0.15) is 12.1 Å². The van der Waals surface area contributed by atoms with Crippen molar-refractivity contribution in [3.8, 4) is 22.6 Å². The topological polar surface area (TPSA) is 85.0 Å². The minimum absolute atomic E-state index is 0.320. The number of imidazole rings is 1. The smallest absolute Gasteiger partial charge is 0.227 e. The zero-order valence-corrected chi connectivity index (χ0v) is 17.1. The maximum Gasteiger partial charge on any atom is 0.227 e. The van der Waals surface area contributed by atoms with Crippen LogP contribution in [0.25, 0.3) is 22.6 Å². The molecule has 0 saturated carbocycles. The number of nitrogens with zero attached hydrogens (tertiary/aromatic N) is 3. The maximum absolute atomic E-state index is 13.5. The highest BCUT2D eigenvalue weighted by Crippen LogP contribution is 2.33. The van der Waals surface area contributed by atoms with E-state index in [0.29, 0.717) is 42.1 Å². The van der Waals surface area contributed by atoms with E-state index < -0.39 is 6.29 Å². The number of ether oxygens (including phenoxy) is 2. The standard InChI is InChI=1S/C24H20FN5O2/c1-15-13-31-23(32-14-15)22-29-20(16-7-9-17(25)10-8-16)21(30-22)19-11-12-26-24(28-19)27-18-5-3-2-4-6-18/h2-12,23H,1,13-14H2,(H,29,30)(H,26,27,28). The number of hydrogen-bond donors (Lipinski definition) is 2. The zero-order chi connectivity index (χ0) is 21.9. The number of aromatic nitrogens is 4. The molecule has 32 heavy (non-hydrogen) atoms. The molecule has 0 atom stereocenters. The fraction of sp³-hybridized carbons (Fsp3) is 0.125. The minimum atomic E-state index is -0.655. The molecule has 3 heterocycles. The lowest BCUT2D eigenvalue weighted by molar-refractivity contribution is -0.165. The Hall–Kier alpha value is -3.88.